The number of hydrazine groups is 1. The first kappa shape index (κ1) is 15.5. The van der Waals surface area contributed by atoms with Gasteiger partial charge in [0.25, 0.3) is 5.91 Å². The van der Waals surface area contributed by atoms with Crippen molar-refractivity contribution in [3.05, 3.63) is 96.1 Å². The van der Waals surface area contributed by atoms with Gasteiger partial charge >= 0.3 is 0 Å². The summed E-state index contributed by atoms with van der Waals surface area (Å²) in [5, 5.41) is 3.72. The molecule has 0 bridgehead atoms. The van der Waals surface area contributed by atoms with E-state index in [0.717, 1.165) is 22.5 Å². The summed E-state index contributed by atoms with van der Waals surface area (Å²) in [5.74, 6) is 0.0613. The number of hydrogen-bond donors (Lipinski definition) is 0. The molecule has 25 heavy (non-hydrogen) atoms. The van der Waals surface area contributed by atoms with E-state index in [2.05, 4.69) is 6.07 Å². The van der Waals surface area contributed by atoms with Gasteiger partial charge in [-0.15, -0.1) is 0 Å². The Kier molecular flexibility index (Phi) is 3.57. The molecule has 0 aliphatic carbocycles. The number of rotatable bonds is 3. The van der Waals surface area contributed by atoms with E-state index in [9.17, 15) is 4.79 Å². The molecule has 1 aliphatic rings. The fourth-order valence-corrected chi connectivity index (χ4v) is 3.63. The van der Waals surface area contributed by atoms with Crippen LogP contribution in [0.2, 0.25) is 0 Å². The van der Waals surface area contributed by atoms with E-state index in [4.69, 9.17) is 0 Å². The number of benzene rings is 3. The fraction of sp³-hybridized carbons (Fsp3) is 0.136. The summed E-state index contributed by atoms with van der Waals surface area (Å²) in [7, 11) is 1.93. The Balaban J connectivity index is 1.88. The summed E-state index contributed by atoms with van der Waals surface area (Å²) >= 11 is 0. The maximum atomic E-state index is 13.6. The number of hydrogen-bond acceptors (Lipinski definition) is 2. The van der Waals surface area contributed by atoms with E-state index in [1.54, 1.807) is 5.01 Å². The summed E-state index contributed by atoms with van der Waals surface area (Å²) in [5.41, 5.74) is 3.26. The maximum absolute atomic E-state index is 13.6. The van der Waals surface area contributed by atoms with E-state index < -0.39 is 5.41 Å². The maximum Gasteiger partial charge on any atom is 0.260 e. The van der Waals surface area contributed by atoms with Crippen LogP contribution >= 0.6 is 0 Å². The number of fused-ring (bicyclic) bond motifs is 1. The Morgan fingerprint density at radius 2 is 1.36 bits per heavy atom. The molecule has 1 heterocycles. The molecule has 0 fully saturated rings. The predicted molar refractivity (Wildman–Crippen MR) is 102 cm³/mol. The van der Waals surface area contributed by atoms with Gasteiger partial charge in [-0.3, -0.25) is 9.80 Å². The molecule has 3 nitrogen and oxygen atoms in total. The number of para-hydroxylation sites is 2. The molecule has 0 radical (unpaired) electrons. The average molecular weight is 328 g/mol. The highest BCUT2D eigenvalue weighted by Gasteiger charge is 2.50. The van der Waals surface area contributed by atoms with E-state index in [1.165, 1.54) is 0 Å². The van der Waals surface area contributed by atoms with E-state index >= 15 is 0 Å². The molecule has 3 aromatic rings. The number of nitrogens with zero attached hydrogens (tertiary/aromatic N) is 2. The van der Waals surface area contributed by atoms with Crippen LogP contribution < -0.4 is 10.0 Å². The third-order valence-corrected chi connectivity index (χ3v) is 5.07. The van der Waals surface area contributed by atoms with Gasteiger partial charge in [-0.2, -0.15) is 0 Å². The van der Waals surface area contributed by atoms with Crippen LogP contribution in [0.3, 0.4) is 0 Å². The summed E-state index contributed by atoms with van der Waals surface area (Å²) < 4.78 is 0. The van der Waals surface area contributed by atoms with Crippen molar-refractivity contribution in [2.75, 3.05) is 17.1 Å². The first-order valence-electron chi connectivity index (χ1n) is 8.42. The molecular weight excluding hydrogens is 308 g/mol. The Hall–Kier alpha value is -3.07. The van der Waals surface area contributed by atoms with Crippen molar-refractivity contribution in [3.8, 4) is 0 Å². The van der Waals surface area contributed by atoms with Gasteiger partial charge in [0.15, 0.2) is 0 Å². The standard InChI is InChI=1S/C22H20N2O/c1-22(17-11-5-3-6-12-17)19-15-9-10-16-20(19)24(21(22)25)23(2)18-13-7-4-8-14-18/h3-16H,1-2H3. The van der Waals surface area contributed by atoms with Gasteiger partial charge in [-0.05, 0) is 36.2 Å². The molecule has 4 rings (SSSR count). The van der Waals surface area contributed by atoms with Crippen molar-refractivity contribution in [2.24, 2.45) is 0 Å². The second-order valence-corrected chi connectivity index (χ2v) is 6.48. The minimum absolute atomic E-state index is 0.0613. The van der Waals surface area contributed by atoms with Gasteiger partial charge in [0.05, 0.1) is 11.4 Å². The normalized spacial score (nSPS) is 19.0. The van der Waals surface area contributed by atoms with Gasteiger partial charge in [-0.25, -0.2) is 5.01 Å². The summed E-state index contributed by atoms with van der Waals surface area (Å²) in [6.07, 6.45) is 0. The Morgan fingerprint density at radius 3 is 2.04 bits per heavy atom. The molecule has 1 atom stereocenters. The first-order valence-corrected chi connectivity index (χ1v) is 8.42. The second-order valence-electron chi connectivity index (χ2n) is 6.48. The first-order chi connectivity index (χ1) is 12.1. The molecule has 3 heteroatoms. The monoisotopic (exact) mass is 328 g/mol. The van der Waals surface area contributed by atoms with Gasteiger partial charge in [-0.1, -0.05) is 66.7 Å². The largest absolute Gasteiger partial charge is 0.281 e. The molecule has 0 saturated heterocycles. The van der Waals surface area contributed by atoms with E-state index in [-0.39, 0.29) is 5.91 Å². The lowest BCUT2D eigenvalue weighted by Gasteiger charge is -2.32. The van der Waals surface area contributed by atoms with E-state index in [0.29, 0.717) is 0 Å². The molecule has 1 aliphatic heterocycles. The smallest absolute Gasteiger partial charge is 0.260 e. The van der Waals surface area contributed by atoms with Gasteiger partial charge in [0.2, 0.25) is 0 Å². The number of amides is 1. The van der Waals surface area contributed by atoms with Crippen LogP contribution in [0, 0.1) is 0 Å². The summed E-state index contributed by atoms with van der Waals surface area (Å²) in [4.78, 5) is 13.6. The minimum Gasteiger partial charge on any atom is -0.281 e. The molecular formula is C22H20N2O. The lowest BCUT2D eigenvalue weighted by atomic mass is 9.77. The highest BCUT2D eigenvalue weighted by molar-refractivity contribution is 6.11. The molecule has 1 unspecified atom stereocenters. The fourth-order valence-electron chi connectivity index (χ4n) is 3.63. The lowest BCUT2D eigenvalue weighted by molar-refractivity contribution is -0.121. The third kappa shape index (κ3) is 2.23. The zero-order chi connectivity index (χ0) is 17.4. The van der Waals surface area contributed by atoms with Gasteiger partial charge in [0, 0.05) is 7.05 Å². The molecule has 3 aromatic carbocycles. The van der Waals surface area contributed by atoms with E-state index in [1.807, 2.05) is 97.8 Å². The predicted octanol–water partition coefficient (Wildman–Crippen LogP) is 4.39. The third-order valence-electron chi connectivity index (χ3n) is 5.07. The molecule has 0 aromatic heterocycles. The molecule has 0 saturated carbocycles. The van der Waals surface area contributed by atoms with Crippen LogP contribution in [0.4, 0.5) is 11.4 Å². The number of carbonyl (C=O) groups is 1. The highest BCUT2D eigenvalue weighted by Crippen LogP contribution is 2.46. The average Bonchev–Trinajstić information content (AvgIpc) is 2.91. The quantitative estimate of drug-likeness (QED) is 0.712. The SMILES string of the molecule is CN(c1ccccc1)N1C(=O)C(C)(c2ccccc2)c2ccccc21. The minimum atomic E-state index is -0.694. The van der Waals surface area contributed by atoms with Crippen molar-refractivity contribution in [3.63, 3.8) is 0 Å². The van der Waals surface area contributed by atoms with Crippen molar-refractivity contribution in [2.45, 2.75) is 12.3 Å². The van der Waals surface area contributed by atoms with Crippen LogP contribution in [0.25, 0.3) is 0 Å². The zero-order valence-corrected chi connectivity index (χ0v) is 14.4. The van der Waals surface area contributed by atoms with Crippen LogP contribution in [0.5, 0.6) is 0 Å². The van der Waals surface area contributed by atoms with Crippen molar-refractivity contribution in [1.29, 1.82) is 0 Å². The van der Waals surface area contributed by atoms with Crippen molar-refractivity contribution >= 4 is 17.3 Å². The molecule has 0 spiro atoms. The Labute approximate surface area is 148 Å². The van der Waals surface area contributed by atoms with Crippen LogP contribution in [-0.2, 0) is 10.2 Å². The topological polar surface area (TPSA) is 23.6 Å². The molecule has 1 amide bonds. The molecule has 124 valence electrons. The van der Waals surface area contributed by atoms with Crippen LogP contribution in [0.1, 0.15) is 18.1 Å². The van der Waals surface area contributed by atoms with Crippen molar-refractivity contribution in [1.82, 2.24) is 0 Å². The Morgan fingerprint density at radius 1 is 0.800 bits per heavy atom. The van der Waals surface area contributed by atoms with Crippen LogP contribution in [-0.4, -0.2) is 13.0 Å². The number of carbonyl (C=O) groups excluding carboxylic acids is 1. The van der Waals surface area contributed by atoms with Crippen LogP contribution in [0.15, 0.2) is 84.9 Å². The van der Waals surface area contributed by atoms with Crippen molar-refractivity contribution < 1.29 is 4.79 Å². The number of anilines is 2. The second kappa shape index (κ2) is 5.78. The zero-order valence-electron chi connectivity index (χ0n) is 14.4. The lowest BCUT2D eigenvalue weighted by Crippen LogP contribution is -2.47. The highest BCUT2D eigenvalue weighted by atomic mass is 16.2. The summed E-state index contributed by atoms with van der Waals surface area (Å²) in [6.45, 7) is 2.02. The Bertz CT molecular complexity index is 908. The summed E-state index contributed by atoms with van der Waals surface area (Å²) in [6, 6.07) is 28.0. The van der Waals surface area contributed by atoms with Gasteiger partial charge in [0.1, 0.15) is 5.41 Å². The van der Waals surface area contributed by atoms with Gasteiger partial charge < -0.3 is 0 Å². The molecule has 0 N–H and O–H groups in total.